The van der Waals surface area contributed by atoms with Crippen LogP contribution in [0, 0.1) is 12.7 Å². The van der Waals surface area contributed by atoms with Gasteiger partial charge in [-0.1, -0.05) is 67.7 Å². The minimum absolute atomic E-state index is 0.0862. The lowest BCUT2D eigenvalue weighted by molar-refractivity contribution is -0.122. The van der Waals surface area contributed by atoms with Crippen molar-refractivity contribution < 1.29 is 9.18 Å². The third kappa shape index (κ3) is 4.48. The number of carbonyl (C=O) groups is 1. The van der Waals surface area contributed by atoms with E-state index < -0.39 is 0 Å². The summed E-state index contributed by atoms with van der Waals surface area (Å²) in [7, 11) is 0. The Balaban J connectivity index is 1.78. The number of thiocarbonyl (C=S) groups is 1. The van der Waals surface area contributed by atoms with Crippen molar-refractivity contribution in [2.45, 2.75) is 26.7 Å². The number of rotatable bonds is 6. The van der Waals surface area contributed by atoms with Crippen LogP contribution in [0.1, 0.15) is 30.9 Å². The Morgan fingerprint density at radius 2 is 1.97 bits per heavy atom. The molecule has 0 radical (unpaired) electrons. The Bertz CT molecular complexity index is 1170. The molecule has 0 bridgehead atoms. The molecule has 7 heteroatoms. The van der Waals surface area contributed by atoms with Crippen molar-refractivity contribution in [3.63, 3.8) is 0 Å². The monoisotopic (exact) mass is 451 g/mol. The van der Waals surface area contributed by atoms with E-state index in [1.54, 1.807) is 22.6 Å². The first-order chi connectivity index (χ1) is 15.0. The Hall–Kier alpha value is -2.77. The van der Waals surface area contributed by atoms with Crippen LogP contribution in [0.2, 0.25) is 0 Å². The van der Waals surface area contributed by atoms with E-state index in [0.29, 0.717) is 32.6 Å². The van der Waals surface area contributed by atoms with Crippen LogP contribution in [0.4, 0.5) is 4.39 Å². The van der Waals surface area contributed by atoms with Gasteiger partial charge in [-0.15, -0.1) is 0 Å². The first-order valence-corrected chi connectivity index (χ1v) is 11.4. The van der Waals surface area contributed by atoms with Crippen molar-refractivity contribution in [2.75, 3.05) is 6.54 Å². The Labute approximate surface area is 190 Å². The van der Waals surface area contributed by atoms with Crippen LogP contribution in [0.15, 0.2) is 59.6 Å². The molecule has 31 heavy (non-hydrogen) atoms. The minimum atomic E-state index is -0.288. The summed E-state index contributed by atoms with van der Waals surface area (Å²) in [6.45, 7) is 4.43. The number of aryl methyl sites for hydroxylation is 1. The highest BCUT2D eigenvalue weighted by molar-refractivity contribution is 8.26. The first kappa shape index (κ1) is 21.5. The number of hydrogen-bond acceptors (Lipinski definition) is 4. The summed E-state index contributed by atoms with van der Waals surface area (Å²) >= 11 is 6.72. The predicted octanol–water partition coefficient (Wildman–Crippen LogP) is 5.99. The lowest BCUT2D eigenvalue weighted by atomic mass is 10.1. The maximum absolute atomic E-state index is 14.3. The van der Waals surface area contributed by atoms with Gasteiger partial charge in [0, 0.05) is 23.9 Å². The molecule has 0 N–H and O–H groups in total. The van der Waals surface area contributed by atoms with Gasteiger partial charge in [-0.3, -0.25) is 9.69 Å². The van der Waals surface area contributed by atoms with Gasteiger partial charge in [-0.05, 0) is 43.2 Å². The highest BCUT2D eigenvalue weighted by Crippen LogP contribution is 2.35. The molecule has 0 unspecified atom stereocenters. The Kier molecular flexibility index (Phi) is 6.34. The van der Waals surface area contributed by atoms with Crippen molar-refractivity contribution in [1.82, 2.24) is 14.7 Å². The lowest BCUT2D eigenvalue weighted by Crippen LogP contribution is -2.28. The molecule has 2 aromatic carbocycles. The number of para-hydroxylation sites is 1. The summed E-state index contributed by atoms with van der Waals surface area (Å²) in [5.74, 6) is -0.374. The van der Waals surface area contributed by atoms with Gasteiger partial charge in [0.05, 0.1) is 10.6 Å². The summed E-state index contributed by atoms with van der Waals surface area (Å²) in [6.07, 6.45) is 5.56. The number of benzene rings is 2. The maximum atomic E-state index is 14.3. The van der Waals surface area contributed by atoms with E-state index in [4.69, 9.17) is 17.3 Å². The summed E-state index contributed by atoms with van der Waals surface area (Å²) < 4.78 is 16.6. The SMILES string of the molecule is CCCCN1C(=O)/C(=C/c2cn(-c3ccccc3)nc2-c2ccc(C)c(F)c2)SC1=S. The molecule has 0 atom stereocenters. The standard InChI is InChI=1S/C24H22FN3OS2/c1-3-4-12-27-23(29)21(31-24(27)30)14-18-15-28(19-8-6-5-7-9-19)26-22(18)17-11-10-16(2)20(25)13-17/h5-11,13-15H,3-4,12H2,1-2H3/b21-14-. The molecule has 0 aliphatic carbocycles. The van der Waals surface area contributed by atoms with Gasteiger partial charge in [0.15, 0.2) is 0 Å². The fourth-order valence-corrected chi connectivity index (χ4v) is 4.62. The quantitative estimate of drug-likeness (QED) is 0.341. The molecule has 1 aliphatic heterocycles. The van der Waals surface area contributed by atoms with Gasteiger partial charge >= 0.3 is 0 Å². The number of aromatic nitrogens is 2. The van der Waals surface area contributed by atoms with Crippen LogP contribution in [0.5, 0.6) is 0 Å². The first-order valence-electron chi connectivity index (χ1n) is 10.1. The van der Waals surface area contributed by atoms with E-state index in [-0.39, 0.29) is 11.7 Å². The van der Waals surface area contributed by atoms with Gasteiger partial charge in [0.25, 0.3) is 5.91 Å². The average Bonchev–Trinajstić information content (AvgIpc) is 3.30. The Morgan fingerprint density at radius 3 is 2.68 bits per heavy atom. The van der Waals surface area contributed by atoms with Crippen molar-refractivity contribution in [2.24, 2.45) is 0 Å². The highest BCUT2D eigenvalue weighted by atomic mass is 32.2. The molecule has 2 heterocycles. The molecular weight excluding hydrogens is 429 g/mol. The second kappa shape index (κ2) is 9.16. The van der Waals surface area contributed by atoms with Crippen LogP contribution in [0.25, 0.3) is 23.0 Å². The molecule has 1 saturated heterocycles. The largest absolute Gasteiger partial charge is 0.293 e. The predicted molar refractivity (Wildman–Crippen MR) is 128 cm³/mol. The van der Waals surface area contributed by atoms with E-state index >= 15 is 0 Å². The zero-order valence-electron chi connectivity index (χ0n) is 17.3. The molecule has 0 spiro atoms. The number of amides is 1. The Morgan fingerprint density at radius 1 is 1.19 bits per heavy atom. The highest BCUT2D eigenvalue weighted by Gasteiger charge is 2.31. The van der Waals surface area contributed by atoms with Gasteiger partial charge in [-0.25, -0.2) is 9.07 Å². The number of hydrogen-bond donors (Lipinski definition) is 0. The number of halogens is 1. The zero-order valence-corrected chi connectivity index (χ0v) is 19.0. The molecular formula is C24H22FN3OS2. The molecule has 0 saturated carbocycles. The number of unbranched alkanes of at least 4 members (excludes halogenated alkanes) is 1. The summed E-state index contributed by atoms with van der Waals surface area (Å²) in [5.41, 5.74) is 3.46. The third-order valence-corrected chi connectivity index (χ3v) is 6.48. The molecule has 1 aromatic heterocycles. The molecule has 4 rings (SSSR count). The van der Waals surface area contributed by atoms with Crippen molar-refractivity contribution in [3.05, 3.63) is 76.6 Å². The zero-order chi connectivity index (χ0) is 22.0. The van der Waals surface area contributed by atoms with Gasteiger partial charge in [-0.2, -0.15) is 5.10 Å². The minimum Gasteiger partial charge on any atom is -0.293 e. The van der Waals surface area contributed by atoms with Crippen molar-refractivity contribution >= 4 is 40.3 Å². The normalized spacial score (nSPS) is 15.3. The van der Waals surface area contributed by atoms with Crippen LogP contribution in [-0.2, 0) is 4.79 Å². The second-order valence-electron chi connectivity index (χ2n) is 7.36. The molecule has 4 nitrogen and oxygen atoms in total. The van der Waals surface area contributed by atoms with E-state index in [2.05, 4.69) is 6.92 Å². The van der Waals surface area contributed by atoms with E-state index in [1.165, 1.54) is 17.8 Å². The van der Waals surface area contributed by atoms with Gasteiger partial charge in [0.2, 0.25) is 0 Å². The van der Waals surface area contributed by atoms with Crippen LogP contribution >= 0.6 is 24.0 Å². The summed E-state index contributed by atoms with van der Waals surface area (Å²) in [4.78, 5) is 15.1. The second-order valence-corrected chi connectivity index (χ2v) is 9.04. The summed E-state index contributed by atoms with van der Waals surface area (Å²) in [5, 5.41) is 4.71. The number of thioether (sulfide) groups is 1. The van der Waals surface area contributed by atoms with E-state index in [1.807, 2.05) is 48.7 Å². The smallest absolute Gasteiger partial charge is 0.266 e. The topological polar surface area (TPSA) is 38.1 Å². The maximum Gasteiger partial charge on any atom is 0.266 e. The van der Waals surface area contributed by atoms with Crippen LogP contribution in [-0.4, -0.2) is 31.5 Å². The van der Waals surface area contributed by atoms with Crippen molar-refractivity contribution in [1.29, 1.82) is 0 Å². The number of carbonyl (C=O) groups excluding carboxylic acids is 1. The average molecular weight is 452 g/mol. The molecule has 1 fully saturated rings. The van der Waals surface area contributed by atoms with E-state index in [9.17, 15) is 9.18 Å². The van der Waals surface area contributed by atoms with Crippen molar-refractivity contribution in [3.8, 4) is 16.9 Å². The fraction of sp³-hybridized carbons (Fsp3) is 0.208. The molecule has 158 valence electrons. The molecule has 1 aliphatic rings. The fourth-order valence-electron chi connectivity index (χ4n) is 3.32. The number of nitrogens with zero attached hydrogens (tertiary/aromatic N) is 3. The van der Waals surface area contributed by atoms with E-state index in [0.717, 1.165) is 24.1 Å². The molecule has 3 aromatic rings. The van der Waals surface area contributed by atoms with Gasteiger partial charge in [0.1, 0.15) is 15.8 Å². The lowest BCUT2D eigenvalue weighted by Gasteiger charge is -2.12. The van der Waals surface area contributed by atoms with Crippen LogP contribution in [0.3, 0.4) is 0 Å². The van der Waals surface area contributed by atoms with Gasteiger partial charge < -0.3 is 0 Å². The third-order valence-electron chi connectivity index (χ3n) is 5.10. The summed E-state index contributed by atoms with van der Waals surface area (Å²) in [6, 6.07) is 14.8. The van der Waals surface area contributed by atoms with Crippen LogP contribution < -0.4 is 0 Å². The molecule has 1 amide bonds.